The normalized spacial score (nSPS) is 15.2. The minimum absolute atomic E-state index is 0.0832. The van der Waals surface area contributed by atoms with E-state index in [1.165, 1.54) is 12.7 Å². The van der Waals surface area contributed by atoms with E-state index in [1.54, 1.807) is 17.1 Å². The Morgan fingerprint density at radius 3 is 2.64 bits per heavy atom. The topological polar surface area (TPSA) is 127 Å². The molecule has 166 valence electrons. The van der Waals surface area contributed by atoms with Gasteiger partial charge in [-0.05, 0) is 24.3 Å². The summed E-state index contributed by atoms with van der Waals surface area (Å²) < 4.78 is 12.4. The fourth-order valence-electron chi connectivity index (χ4n) is 3.91. The third-order valence-electron chi connectivity index (χ3n) is 5.66. The van der Waals surface area contributed by atoms with Crippen molar-refractivity contribution < 1.29 is 14.3 Å². The van der Waals surface area contributed by atoms with Crippen LogP contribution in [0, 0.1) is 0 Å². The molecule has 2 aliphatic rings. The van der Waals surface area contributed by atoms with Gasteiger partial charge in [0.15, 0.2) is 17.3 Å². The van der Waals surface area contributed by atoms with Gasteiger partial charge in [0.1, 0.15) is 30.5 Å². The zero-order chi connectivity index (χ0) is 22.2. The van der Waals surface area contributed by atoms with Crippen molar-refractivity contribution in [2.75, 3.05) is 37.9 Å². The number of carbonyl (C=O) groups excluding carboxylic acids is 1. The number of nitrogens with one attached hydrogen (secondary N) is 1. The van der Waals surface area contributed by atoms with Gasteiger partial charge in [0.25, 0.3) is 5.91 Å². The summed E-state index contributed by atoms with van der Waals surface area (Å²) in [5.41, 5.74) is 1.98. The Morgan fingerprint density at radius 1 is 0.939 bits per heavy atom. The molecule has 2 aliphatic heterocycles. The third-order valence-corrected chi connectivity index (χ3v) is 5.66. The fourth-order valence-corrected chi connectivity index (χ4v) is 3.91. The zero-order valence-corrected chi connectivity index (χ0v) is 17.5. The molecule has 12 heteroatoms. The van der Waals surface area contributed by atoms with E-state index < -0.39 is 0 Å². The summed E-state index contributed by atoms with van der Waals surface area (Å²) in [5.74, 6) is 2.73. The Hall–Kier alpha value is -4.48. The van der Waals surface area contributed by atoms with Crippen LogP contribution in [0.2, 0.25) is 0 Å². The first-order valence-electron chi connectivity index (χ1n) is 10.4. The molecule has 4 aromatic rings. The molecule has 3 aromatic heterocycles. The third kappa shape index (κ3) is 3.60. The van der Waals surface area contributed by atoms with E-state index in [0.717, 1.165) is 11.4 Å². The van der Waals surface area contributed by atoms with Gasteiger partial charge in [-0.25, -0.2) is 19.6 Å². The lowest BCUT2D eigenvalue weighted by molar-refractivity contribution is 0.0740. The molecule has 1 amide bonds. The standard InChI is InChI=1S/C21H19N9O3/c31-21(16-8-15(26-27-16)14-1-2-17-18(7-14)33-13-32-17)29-5-3-28(4-6-29)19-9-20(24-11-23-19)30-12-22-10-25-30/h1-2,7-12H,3-6,13H2,(H,26,27). The molecular formula is C21H19N9O3. The Labute approximate surface area is 187 Å². The molecule has 0 unspecified atom stereocenters. The number of carbonyl (C=O) groups is 1. The number of H-pyrrole nitrogens is 1. The number of piperazine rings is 1. The second-order valence-corrected chi connectivity index (χ2v) is 7.59. The number of hydrogen-bond acceptors (Lipinski definition) is 9. The van der Waals surface area contributed by atoms with Crippen molar-refractivity contribution in [1.82, 2.24) is 39.8 Å². The lowest BCUT2D eigenvalue weighted by Crippen LogP contribution is -2.49. The Morgan fingerprint density at radius 2 is 1.79 bits per heavy atom. The van der Waals surface area contributed by atoms with Crippen LogP contribution in [-0.4, -0.2) is 78.7 Å². The zero-order valence-electron chi connectivity index (χ0n) is 17.5. The minimum Gasteiger partial charge on any atom is -0.454 e. The van der Waals surface area contributed by atoms with E-state index in [1.807, 2.05) is 29.2 Å². The highest BCUT2D eigenvalue weighted by molar-refractivity contribution is 5.93. The summed E-state index contributed by atoms with van der Waals surface area (Å²) >= 11 is 0. The van der Waals surface area contributed by atoms with Crippen molar-refractivity contribution in [3.8, 4) is 28.6 Å². The quantitative estimate of drug-likeness (QED) is 0.492. The summed E-state index contributed by atoms with van der Waals surface area (Å²) in [6.07, 6.45) is 4.55. The van der Waals surface area contributed by atoms with Gasteiger partial charge in [-0.2, -0.15) is 10.2 Å². The predicted octanol–water partition coefficient (Wildman–Crippen LogP) is 1.14. The van der Waals surface area contributed by atoms with Crippen molar-refractivity contribution in [2.45, 2.75) is 0 Å². The van der Waals surface area contributed by atoms with Crippen LogP contribution in [-0.2, 0) is 0 Å². The van der Waals surface area contributed by atoms with Crippen molar-refractivity contribution >= 4 is 11.7 Å². The van der Waals surface area contributed by atoms with Crippen LogP contribution >= 0.6 is 0 Å². The largest absolute Gasteiger partial charge is 0.454 e. The van der Waals surface area contributed by atoms with Gasteiger partial charge in [-0.1, -0.05) is 0 Å². The van der Waals surface area contributed by atoms with Crippen LogP contribution in [0.25, 0.3) is 17.1 Å². The maximum Gasteiger partial charge on any atom is 0.272 e. The number of benzene rings is 1. The Balaban J connectivity index is 1.12. The van der Waals surface area contributed by atoms with E-state index in [9.17, 15) is 4.79 Å². The molecule has 0 saturated carbocycles. The van der Waals surface area contributed by atoms with Gasteiger partial charge in [0, 0.05) is 37.8 Å². The number of rotatable bonds is 4. The van der Waals surface area contributed by atoms with Crippen LogP contribution in [0.4, 0.5) is 5.82 Å². The lowest BCUT2D eigenvalue weighted by atomic mass is 10.1. The molecular weight excluding hydrogens is 426 g/mol. The van der Waals surface area contributed by atoms with E-state index in [4.69, 9.17) is 9.47 Å². The molecule has 0 radical (unpaired) electrons. The van der Waals surface area contributed by atoms with Crippen LogP contribution < -0.4 is 14.4 Å². The second-order valence-electron chi connectivity index (χ2n) is 7.59. The van der Waals surface area contributed by atoms with Crippen molar-refractivity contribution in [3.05, 3.63) is 55.0 Å². The van der Waals surface area contributed by atoms with E-state index in [-0.39, 0.29) is 12.7 Å². The first-order valence-corrected chi connectivity index (χ1v) is 10.4. The van der Waals surface area contributed by atoms with Crippen LogP contribution in [0.5, 0.6) is 11.5 Å². The van der Waals surface area contributed by atoms with E-state index in [2.05, 4.69) is 35.1 Å². The summed E-state index contributed by atoms with van der Waals surface area (Å²) in [4.78, 5) is 29.5. The summed E-state index contributed by atoms with van der Waals surface area (Å²) in [5, 5.41) is 11.3. The van der Waals surface area contributed by atoms with Crippen LogP contribution in [0.3, 0.4) is 0 Å². The molecule has 5 heterocycles. The highest BCUT2D eigenvalue weighted by Gasteiger charge is 2.25. The predicted molar refractivity (Wildman–Crippen MR) is 115 cm³/mol. The van der Waals surface area contributed by atoms with Crippen LogP contribution in [0.1, 0.15) is 10.5 Å². The number of hydrogen-bond donors (Lipinski definition) is 1. The Bertz CT molecular complexity index is 1300. The SMILES string of the molecule is O=C(c1cc(-c2ccc3c(c2)OCO3)n[nH]1)N1CCN(c2cc(-n3cncn3)ncn2)CC1. The summed E-state index contributed by atoms with van der Waals surface area (Å²) in [6, 6.07) is 9.22. The average Bonchev–Trinajstić information content (AvgIpc) is 3.65. The summed E-state index contributed by atoms with van der Waals surface area (Å²) in [6.45, 7) is 2.66. The van der Waals surface area contributed by atoms with Gasteiger partial charge in [-0.3, -0.25) is 9.89 Å². The average molecular weight is 445 g/mol. The molecule has 1 fully saturated rings. The van der Waals surface area contributed by atoms with Crippen molar-refractivity contribution in [1.29, 1.82) is 0 Å². The number of aromatic nitrogens is 7. The fraction of sp³-hybridized carbons (Fsp3) is 0.238. The molecule has 0 atom stereocenters. The Kier molecular flexibility index (Phi) is 4.60. The van der Waals surface area contributed by atoms with Gasteiger partial charge in [0.2, 0.25) is 6.79 Å². The highest BCUT2D eigenvalue weighted by atomic mass is 16.7. The number of amides is 1. The van der Waals surface area contributed by atoms with Crippen molar-refractivity contribution in [2.24, 2.45) is 0 Å². The van der Waals surface area contributed by atoms with Gasteiger partial charge in [-0.15, -0.1) is 0 Å². The minimum atomic E-state index is -0.0832. The molecule has 33 heavy (non-hydrogen) atoms. The monoisotopic (exact) mass is 445 g/mol. The smallest absolute Gasteiger partial charge is 0.272 e. The van der Waals surface area contributed by atoms with E-state index >= 15 is 0 Å². The maximum absolute atomic E-state index is 13.0. The van der Waals surface area contributed by atoms with Crippen LogP contribution in [0.15, 0.2) is 49.3 Å². The number of fused-ring (bicyclic) bond motifs is 1. The van der Waals surface area contributed by atoms with Crippen molar-refractivity contribution in [3.63, 3.8) is 0 Å². The first kappa shape index (κ1) is 19.2. The van der Waals surface area contributed by atoms with Gasteiger partial charge < -0.3 is 19.3 Å². The first-order chi connectivity index (χ1) is 16.2. The number of aromatic amines is 1. The molecule has 6 rings (SSSR count). The van der Waals surface area contributed by atoms with Gasteiger partial charge >= 0.3 is 0 Å². The molecule has 1 N–H and O–H groups in total. The van der Waals surface area contributed by atoms with Gasteiger partial charge in [0.05, 0.1) is 5.69 Å². The van der Waals surface area contributed by atoms with E-state index in [0.29, 0.717) is 54.9 Å². The molecule has 0 bridgehead atoms. The second kappa shape index (κ2) is 7.89. The molecule has 1 saturated heterocycles. The molecule has 12 nitrogen and oxygen atoms in total. The lowest BCUT2D eigenvalue weighted by Gasteiger charge is -2.35. The maximum atomic E-state index is 13.0. The molecule has 0 aliphatic carbocycles. The molecule has 0 spiro atoms. The summed E-state index contributed by atoms with van der Waals surface area (Å²) in [7, 11) is 0. The number of anilines is 1. The molecule has 1 aromatic carbocycles. The highest BCUT2D eigenvalue weighted by Crippen LogP contribution is 2.35. The number of ether oxygens (including phenoxy) is 2. The number of nitrogens with zero attached hydrogens (tertiary/aromatic N) is 8.